The zero-order valence-electron chi connectivity index (χ0n) is 16.2. The van der Waals surface area contributed by atoms with Crippen molar-refractivity contribution in [1.82, 2.24) is 4.90 Å². The summed E-state index contributed by atoms with van der Waals surface area (Å²) < 4.78 is 0. The molecule has 0 bridgehead atoms. The van der Waals surface area contributed by atoms with E-state index in [1.165, 1.54) is 5.69 Å². The average molecular weight is 395 g/mol. The van der Waals surface area contributed by atoms with E-state index in [-0.39, 0.29) is 11.4 Å². The van der Waals surface area contributed by atoms with Gasteiger partial charge in [0.2, 0.25) is 0 Å². The van der Waals surface area contributed by atoms with Crippen LogP contribution in [0.15, 0.2) is 59.6 Å². The monoisotopic (exact) mass is 394 g/mol. The summed E-state index contributed by atoms with van der Waals surface area (Å²) in [7, 11) is 0. The van der Waals surface area contributed by atoms with Crippen molar-refractivity contribution in [2.24, 2.45) is 10.7 Å². The van der Waals surface area contributed by atoms with E-state index in [1.54, 1.807) is 11.8 Å². The van der Waals surface area contributed by atoms with Crippen molar-refractivity contribution in [3.8, 4) is 0 Å². The number of amides is 1. The molecule has 1 amide bonds. The van der Waals surface area contributed by atoms with Crippen molar-refractivity contribution in [3.63, 3.8) is 0 Å². The SMILES string of the molecule is CC1(c2ccc(C(=O)N3CCN(c4ccccc4)CC3)cc2)CCSC(N)=N1. The van der Waals surface area contributed by atoms with Gasteiger partial charge in [0, 0.05) is 43.2 Å². The van der Waals surface area contributed by atoms with Gasteiger partial charge in [-0.2, -0.15) is 0 Å². The van der Waals surface area contributed by atoms with Gasteiger partial charge in [-0.05, 0) is 43.2 Å². The second-order valence-corrected chi connectivity index (χ2v) is 8.63. The van der Waals surface area contributed by atoms with Crippen LogP contribution in [0.3, 0.4) is 0 Å². The van der Waals surface area contributed by atoms with Crippen molar-refractivity contribution in [2.45, 2.75) is 18.9 Å². The molecule has 4 rings (SSSR count). The Morgan fingerprint density at radius 3 is 2.36 bits per heavy atom. The largest absolute Gasteiger partial charge is 0.379 e. The number of hydrogen-bond donors (Lipinski definition) is 1. The zero-order chi connectivity index (χ0) is 19.6. The molecule has 5 nitrogen and oxygen atoms in total. The molecule has 2 aromatic rings. The fourth-order valence-corrected chi connectivity index (χ4v) is 4.83. The third-order valence-electron chi connectivity index (χ3n) is 5.64. The van der Waals surface area contributed by atoms with E-state index in [9.17, 15) is 4.79 Å². The predicted octanol–water partition coefficient (Wildman–Crippen LogP) is 3.32. The minimum absolute atomic E-state index is 0.103. The quantitative estimate of drug-likeness (QED) is 0.868. The number of carbonyl (C=O) groups excluding carboxylic acids is 1. The van der Waals surface area contributed by atoms with E-state index in [1.807, 2.05) is 35.2 Å². The highest BCUT2D eigenvalue weighted by atomic mass is 32.2. The molecule has 1 saturated heterocycles. The van der Waals surface area contributed by atoms with E-state index in [0.717, 1.165) is 49.5 Å². The molecule has 2 aromatic carbocycles. The van der Waals surface area contributed by atoms with Crippen molar-refractivity contribution >= 4 is 28.5 Å². The molecule has 2 N–H and O–H groups in total. The maximum atomic E-state index is 12.9. The van der Waals surface area contributed by atoms with Gasteiger partial charge in [0.1, 0.15) is 0 Å². The lowest BCUT2D eigenvalue weighted by Crippen LogP contribution is -2.48. The molecule has 2 aliphatic heterocycles. The van der Waals surface area contributed by atoms with Crippen LogP contribution < -0.4 is 10.6 Å². The first kappa shape index (κ1) is 18.9. The lowest BCUT2D eigenvalue weighted by Gasteiger charge is -2.36. The van der Waals surface area contributed by atoms with Crippen LogP contribution >= 0.6 is 11.8 Å². The Morgan fingerprint density at radius 1 is 1.04 bits per heavy atom. The predicted molar refractivity (Wildman–Crippen MR) is 117 cm³/mol. The van der Waals surface area contributed by atoms with Crippen molar-refractivity contribution in [1.29, 1.82) is 0 Å². The molecule has 0 spiro atoms. The van der Waals surface area contributed by atoms with E-state index in [4.69, 9.17) is 5.73 Å². The zero-order valence-corrected chi connectivity index (χ0v) is 17.0. The Labute approximate surface area is 170 Å². The van der Waals surface area contributed by atoms with Crippen LogP contribution in [-0.4, -0.2) is 47.9 Å². The highest BCUT2D eigenvalue weighted by Gasteiger charge is 2.30. The van der Waals surface area contributed by atoms with Gasteiger partial charge in [0.05, 0.1) is 5.54 Å². The molecule has 0 saturated carbocycles. The number of aliphatic imine (C=N–C) groups is 1. The summed E-state index contributed by atoms with van der Waals surface area (Å²) >= 11 is 1.60. The fraction of sp³-hybridized carbons (Fsp3) is 0.364. The van der Waals surface area contributed by atoms with Gasteiger partial charge in [-0.1, -0.05) is 42.1 Å². The highest BCUT2D eigenvalue weighted by molar-refractivity contribution is 8.13. The van der Waals surface area contributed by atoms with Gasteiger partial charge in [-0.15, -0.1) is 0 Å². The smallest absolute Gasteiger partial charge is 0.253 e. The number of thioether (sulfide) groups is 1. The summed E-state index contributed by atoms with van der Waals surface area (Å²) in [6, 6.07) is 18.3. The molecular formula is C22H26N4OS. The van der Waals surface area contributed by atoms with Gasteiger partial charge < -0.3 is 15.5 Å². The third-order valence-corrected chi connectivity index (χ3v) is 6.43. The van der Waals surface area contributed by atoms with Crippen molar-refractivity contribution < 1.29 is 4.79 Å². The van der Waals surface area contributed by atoms with Crippen molar-refractivity contribution in [3.05, 3.63) is 65.7 Å². The van der Waals surface area contributed by atoms with Gasteiger partial charge >= 0.3 is 0 Å². The molecule has 6 heteroatoms. The van der Waals surface area contributed by atoms with Crippen molar-refractivity contribution in [2.75, 3.05) is 36.8 Å². The van der Waals surface area contributed by atoms with E-state index in [2.05, 4.69) is 41.1 Å². The second-order valence-electron chi connectivity index (χ2n) is 7.51. The Bertz CT molecular complexity index is 860. The minimum atomic E-state index is -0.293. The molecular weight excluding hydrogens is 368 g/mol. The highest BCUT2D eigenvalue weighted by Crippen LogP contribution is 2.35. The maximum absolute atomic E-state index is 12.9. The standard InChI is InChI=1S/C22H26N4OS/c1-22(11-16-28-21(23)24-22)18-9-7-17(8-10-18)20(27)26-14-12-25(13-15-26)19-5-3-2-4-6-19/h2-10H,11-16H2,1H3,(H2,23,24). The topological polar surface area (TPSA) is 61.9 Å². The third kappa shape index (κ3) is 3.87. The summed E-state index contributed by atoms with van der Waals surface area (Å²) in [6.45, 7) is 5.31. The Balaban J connectivity index is 1.41. The van der Waals surface area contributed by atoms with Crippen LogP contribution in [0.25, 0.3) is 0 Å². The lowest BCUT2D eigenvalue weighted by molar-refractivity contribution is 0.0746. The number of amidine groups is 1. The Kier molecular flexibility index (Phi) is 5.31. The number of carbonyl (C=O) groups is 1. The van der Waals surface area contributed by atoms with Crippen LogP contribution in [0, 0.1) is 0 Å². The molecule has 28 heavy (non-hydrogen) atoms. The number of benzene rings is 2. The fourth-order valence-electron chi connectivity index (χ4n) is 3.86. The summed E-state index contributed by atoms with van der Waals surface area (Å²) in [4.78, 5) is 21.8. The number of para-hydroxylation sites is 1. The van der Waals surface area contributed by atoms with Crippen LogP contribution in [0.4, 0.5) is 5.69 Å². The number of hydrogen-bond acceptors (Lipinski definition) is 5. The van der Waals surface area contributed by atoms with Crippen LogP contribution in [0.2, 0.25) is 0 Å². The summed E-state index contributed by atoms with van der Waals surface area (Å²) in [5.41, 5.74) is 8.70. The number of anilines is 1. The van der Waals surface area contributed by atoms with E-state index >= 15 is 0 Å². The van der Waals surface area contributed by atoms with E-state index < -0.39 is 0 Å². The Morgan fingerprint density at radius 2 is 1.71 bits per heavy atom. The van der Waals surface area contributed by atoms with E-state index in [0.29, 0.717) is 5.17 Å². The maximum Gasteiger partial charge on any atom is 0.253 e. The molecule has 1 atom stereocenters. The number of piperazine rings is 1. The molecule has 146 valence electrons. The first-order valence-electron chi connectivity index (χ1n) is 9.73. The number of nitrogens with zero attached hydrogens (tertiary/aromatic N) is 3. The molecule has 1 unspecified atom stereocenters. The minimum Gasteiger partial charge on any atom is -0.379 e. The molecule has 2 heterocycles. The van der Waals surface area contributed by atoms with Gasteiger partial charge in [0.15, 0.2) is 5.17 Å². The molecule has 0 aromatic heterocycles. The van der Waals surface area contributed by atoms with Gasteiger partial charge in [-0.3, -0.25) is 9.79 Å². The molecule has 0 radical (unpaired) electrons. The van der Waals surface area contributed by atoms with Crippen LogP contribution in [0.5, 0.6) is 0 Å². The molecule has 2 aliphatic rings. The van der Waals surface area contributed by atoms with Gasteiger partial charge in [-0.25, -0.2) is 0 Å². The van der Waals surface area contributed by atoms with Gasteiger partial charge in [0.25, 0.3) is 5.91 Å². The summed E-state index contributed by atoms with van der Waals surface area (Å²) in [6.07, 6.45) is 0.951. The second kappa shape index (κ2) is 7.87. The lowest BCUT2D eigenvalue weighted by atomic mass is 9.89. The first-order valence-corrected chi connectivity index (χ1v) is 10.7. The molecule has 0 aliphatic carbocycles. The Hall–Kier alpha value is -2.47. The molecule has 1 fully saturated rings. The number of rotatable bonds is 3. The average Bonchev–Trinajstić information content (AvgIpc) is 2.74. The first-order chi connectivity index (χ1) is 13.5. The van der Waals surface area contributed by atoms with Crippen LogP contribution in [-0.2, 0) is 5.54 Å². The summed E-state index contributed by atoms with van der Waals surface area (Å²) in [5, 5.41) is 0.644. The summed E-state index contributed by atoms with van der Waals surface area (Å²) in [5.74, 6) is 1.07. The van der Waals surface area contributed by atoms with Crippen LogP contribution in [0.1, 0.15) is 29.3 Å². The number of nitrogens with two attached hydrogens (primary N) is 1. The normalized spacial score (nSPS) is 22.7.